The lowest BCUT2D eigenvalue weighted by atomic mass is 10.2. The zero-order valence-corrected chi connectivity index (χ0v) is 9.05. The molecule has 0 bridgehead atoms. The molecule has 0 aromatic heterocycles. The maximum atomic E-state index is 11.5. The van der Waals surface area contributed by atoms with E-state index in [1.54, 1.807) is 9.80 Å². The van der Waals surface area contributed by atoms with Gasteiger partial charge in [0.15, 0.2) is 5.11 Å². The topological polar surface area (TPSA) is 32.8 Å². The number of carbonyl (C=O) groups is 1. The number of hydrogen-bond donors (Lipinski definition) is 0. The molecule has 2 aliphatic rings. The summed E-state index contributed by atoms with van der Waals surface area (Å²) in [6.07, 6.45) is 2.31. The SMILES string of the molecule is CN1CC(=O)N(CC2CCCO2)C1=S. The lowest BCUT2D eigenvalue weighted by Crippen LogP contribution is -2.37. The van der Waals surface area contributed by atoms with E-state index < -0.39 is 0 Å². The Balaban J connectivity index is 1.96. The van der Waals surface area contributed by atoms with Crippen LogP contribution in [-0.2, 0) is 9.53 Å². The summed E-state index contributed by atoms with van der Waals surface area (Å²) < 4.78 is 5.47. The van der Waals surface area contributed by atoms with Crippen molar-refractivity contribution in [2.45, 2.75) is 18.9 Å². The number of hydrogen-bond acceptors (Lipinski definition) is 3. The van der Waals surface area contributed by atoms with Gasteiger partial charge in [0.05, 0.1) is 19.2 Å². The zero-order valence-electron chi connectivity index (χ0n) is 8.23. The quantitative estimate of drug-likeness (QED) is 0.616. The second-order valence-electron chi connectivity index (χ2n) is 3.78. The summed E-state index contributed by atoms with van der Waals surface area (Å²) in [6.45, 7) is 1.85. The highest BCUT2D eigenvalue weighted by atomic mass is 32.1. The Morgan fingerprint density at radius 3 is 2.93 bits per heavy atom. The molecular weight excluding hydrogens is 200 g/mol. The number of ether oxygens (including phenoxy) is 1. The van der Waals surface area contributed by atoms with Gasteiger partial charge in [0.2, 0.25) is 5.91 Å². The van der Waals surface area contributed by atoms with Gasteiger partial charge < -0.3 is 9.64 Å². The van der Waals surface area contributed by atoms with Crippen molar-refractivity contribution < 1.29 is 9.53 Å². The minimum Gasteiger partial charge on any atom is -0.376 e. The molecule has 4 nitrogen and oxygen atoms in total. The number of thiocarbonyl (C=S) groups is 1. The van der Waals surface area contributed by atoms with E-state index in [9.17, 15) is 4.79 Å². The van der Waals surface area contributed by atoms with Gasteiger partial charge in [-0.15, -0.1) is 0 Å². The molecule has 0 aromatic rings. The molecule has 1 atom stereocenters. The van der Waals surface area contributed by atoms with Gasteiger partial charge >= 0.3 is 0 Å². The minimum atomic E-state index is 0.0907. The number of carbonyl (C=O) groups excluding carboxylic acids is 1. The van der Waals surface area contributed by atoms with E-state index in [1.807, 2.05) is 7.05 Å². The van der Waals surface area contributed by atoms with Crippen LogP contribution in [0.1, 0.15) is 12.8 Å². The third kappa shape index (κ3) is 1.74. The van der Waals surface area contributed by atoms with Gasteiger partial charge in [-0.25, -0.2) is 0 Å². The van der Waals surface area contributed by atoms with Crippen LogP contribution in [0.2, 0.25) is 0 Å². The Morgan fingerprint density at radius 1 is 1.64 bits per heavy atom. The fraction of sp³-hybridized carbons (Fsp3) is 0.778. The molecule has 2 saturated heterocycles. The molecule has 0 aliphatic carbocycles. The van der Waals surface area contributed by atoms with Crippen LogP contribution in [0.3, 0.4) is 0 Å². The first kappa shape index (κ1) is 9.86. The van der Waals surface area contributed by atoms with E-state index in [2.05, 4.69) is 0 Å². The molecule has 2 rings (SSSR count). The summed E-state index contributed by atoms with van der Waals surface area (Å²) in [4.78, 5) is 15.0. The highest BCUT2D eigenvalue weighted by molar-refractivity contribution is 7.80. The summed E-state index contributed by atoms with van der Waals surface area (Å²) in [7, 11) is 1.84. The fourth-order valence-corrected chi connectivity index (χ4v) is 2.08. The van der Waals surface area contributed by atoms with E-state index >= 15 is 0 Å². The smallest absolute Gasteiger partial charge is 0.248 e. The molecule has 0 spiro atoms. The van der Waals surface area contributed by atoms with Crippen LogP contribution in [0.5, 0.6) is 0 Å². The average Bonchev–Trinajstić information content (AvgIpc) is 2.71. The van der Waals surface area contributed by atoms with Crippen LogP contribution in [0.4, 0.5) is 0 Å². The van der Waals surface area contributed by atoms with Crippen molar-refractivity contribution in [3.63, 3.8) is 0 Å². The van der Waals surface area contributed by atoms with Gasteiger partial charge in [0, 0.05) is 13.7 Å². The highest BCUT2D eigenvalue weighted by Gasteiger charge is 2.32. The summed E-state index contributed by atoms with van der Waals surface area (Å²) in [5, 5.41) is 0.630. The molecular formula is C9H14N2O2S. The molecule has 14 heavy (non-hydrogen) atoms. The molecule has 2 heterocycles. The van der Waals surface area contributed by atoms with Crippen LogP contribution < -0.4 is 0 Å². The molecule has 2 aliphatic heterocycles. The third-order valence-electron chi connectivity index (χ3n) is 2.64. The van der Waals surface area contributed by atoms with Crippen LogP contribution in [-0.4, -0.2) is 53.7 Å². The van der Waals surface area contributed by atoms with Gasteiger partial charge in [-0.2, -0.15) is 0 Å². The van der Waals surface area contributed by atoms with E-state index in [4.69, 9.17) is 17.0 Å². The molecule has 2 fully saturated rings. The van der Waals surface area contributed by atoms with Crippen LogP contribution in [0, 0.1) is 0 Å². The normalized spacial score (nSPS) is 27.9. The maximum Gasteiger partial charge on any atom is 0.248 e. The lowest BCUT2D eigenvalue weighted by molar-refractivity contribution is -0.125. The van der Waals surface area contributed by atoms with Crippen LogP contribution >= 0.6 is 12.2 Å². The number of amides is 1. The van der Waals surface area contributed by atoms with Crippen molar-refractivity contribution in [1.82, 2.24) is 9.80 Å². The predicted octanol–water partition coefficient (Wildman–Crippen LogP) is 0.224. The standard InChI is InChI=1S/C9H14N2O2S/c1-10-6-8(12)11(9(10)14)5-7-3-2-4-13-7/h7H,2-6H2,1H3. The van der Waals surface area contributed by atoms with E-state index in [0.29, 0.717) is 18.2 Å². The van der Waals surface area contributed by atoms with Crippen molar-refractivity contribution in [3.8, 4) is 0 Å². The second-order valence-corrected chi connectivity index (χ2v) is 4.14. The van der Waals surface area contributed by atoms with Gasteiger partial charge in [-0.3, -0.25) is 9.69 Å². The first-order valence-corrected chi connectivity index (χ1v) is 5.26. The predicted molar refractivity (Wildman–Crippen MR) is 55.9 cm³/mol. The zero-order chi connectivity index (χ0) is 10.1. The second kappa shape index (κ2) is 3.82. The van der Waals surface area contributed by atoms with E-state index in [0.717, 1.165) is 19.4 Å². The van der Waals surface area contributed by atoms with Crippen LogP contribution in [0.25, 0.3) is 0 Å². The van der Waals surface area contributed by atoms with Gasteiger partial charge in [-0.1, -0.05) is 0 Å². The summed E-state index contributed by atoms with van der Waals surface area (Å²) in [5.74, 6) is 0.0907. The summed E-state index contributed by atoms with van der Waals surface area (Å²) in [6, 6.07) is 0. The highest BCUT2D eigenvalue weighted by Crippen LogP contribution is 2.16. The summed E-state index contributed by atoms with van der Waals surface area (Å²) in [5.41, 5.74) is 0. The molecule has 1 amide bonds. The Morgan fingerprint density at radius 2 is 2.43 bits per heavy atom. The largest absolute Gasteiger partial charge is 0.376 e. The van der Waals surface area contributed by atoms with Gasteiger partial charge in [-0.05, 0) is 25.1 Å². The molecule has 0 radical (unpaired) electrons. The van der Waals surface area contributed by atoms with Gasteiger partial charge in [0.25, 0.3) is 0 Å². The number of nitrogens with zero attached hydrogens (tertiary/aromatic N) is 2. The monoisotopic (exact) mass is 214 g/mol. The number of rotatable bonds is 2. The van der Waals surface area contributed by atoms with Crippen molar-refractivity contribution >= 4 is 23.2 Å². The third-order valence-corrected chi connectivity index (χ3v) is 3.17. The van der Waals surface area contributed by atoms with E-state index in [-0.39, 0.29) is 12.0 Å². The van der Waals surface area contributed by atoms with Gasteiger partial charge in [0.1, 0.15) is 0 Å². The summed E-state index contributed by atoms with van der Waals surface area (Å²) >= 11 is 5.15. The van der Waals surface area contributed by atoms with Crippen molar-refractivity contribution in [2.24, 2.45) is 0 Å². The molecule has 0 aromatic carbocycles. The Bertz CT molecular complexity index is 264. The maximum absolute atomic E-state index is 11.5. The molecule has 78 valence electrons. The average molecular weight is 214 g/mol. The molecule has 5 heteroatoms. The first-order valence-electron chi connectivity index (χ1n) is 4.85. The molecule has 1 unspecified atom stereocenters. The first-order chi connectivity index (χ1) is 6.68. The van der Waals surface area contributed by atoms with Crippen LogP contribution in [0.15, 0.2) is 0 Å². The lowest BCUT2D eigenvalue weighted by Gasteiger charge is -2.20. The fourth-order valence-electron chi connectivity index (χ4n) is 1.84. The Kier molecular flexibility index (Phi) is 2.69. The Labute approximate surface area is 88.8 Å². The number of likely N-dealkylation sites (N-methyl/N-ethyl adjacent to an activating group) is 1. The molecule has 0 saturated carbocycles. The van der Waals surface area contributed by atoms with Crippen molar-refractivity contribution in [3.05, 3.63) is 0 Å². The van der Waals surface area contributed by atoms with E-state index in [1.165, 1.54) is 0 Å². The van der Waals surface area contributed by atoms with Crippen molar-refractivity contribution in [1.29, 1.82) is 0 Å². The molecule has 0 N–H and O–H groups in total. The Hall–Kier alpha value is -0.680. The minimum absolute atomic E-state index is 0.0907. The van der Waals surface area contributed by atoms with Crippen molar-refractivity contribution in [2.75, 3.05) is 26.7 Å².